The Labute approximate surface area is 213 Å². The van der Waals surface area contributed by atoms with Gasteiger partial charge in [0.05, 0.1) is 0 Å². The van der Waals surface area contributed by atoms with Crippen molar-refractivity contribution in [3.8, 4) is 0 Å². The molecule has 0 saturated carbocycles. The van der Waals surface area contributed by atoms with Crippen LogP contribution in [0.15, 0.2) is 54.6 Å². The normalized spacial score (nSPS) is 18.1. The first-order chi connectivity index (χ1) is 17.5. The van der Waals surface area contributed by atoms with Crippen LogP contribution in [-0.2, 0) is 4.79 Å². The molecular weight excluding hydrogens is 454 g/mol. The van der Waals surface area contributed by atoms with Crippen molar-refractivity contribution in [2.24, 2.45) is 0 Å². The lowest BCUT2D eigenvalue weighted by Crippen LogP contribution is -2.45. The number of benzene rings is 2. The number of para-hydroxylation sites is 1. The number of likely N-dealkylation sites (N-methyl/N-ethyl adjacent to an activating group) is 1. The number of fused-ring (bicyclic) bond motifs is 1. The van der Waals surface area contributed by atoms with Crippen molar-refractivity contribution >= 4 is 23.6 Å². The number of piperazine rings is 1. The maximum absolute atomic E-state index is 13.5. The van der Waals surface area contributed by atoms with Crippen LogP contribution in [0, 0.1) is 0 Å². The lowest BCUT2D eigenvalue weighted by atomic mass is 9.97. The van der Waals surface area contributed by atoms with Gasteiger partial charge in [0.15, 0.2) is 0 Å². The van der Waals surface area contributed by atoms with Gasteiger partial charge in [0.25, 0.3) is 11.8 Å². The number of anilines is 1. The molecule has 192 valence electrons. The Morgan fingerprint density at radius 2 is 1.83 bits per heavy atom. The van der Waals surface area contributed by atoms with Crippen molar-refractivity contribution in [1.29, 1.82) is 0 Å². The summed E-state index contributed by atoms with van der Waals surface area (Å²) in [7, 11) is 2.16. The van der Waals surface area contributed by atoms with E-state index in [0.29, 0.717) is 18.0 Å². The van der Waals surface area contributed by atoms with Gasteiger partial charge >= 0.3 is 0 Å². The van der Waals surface area contributed by atoms with Crippen LogP contribution in [0.5, 0.6) is 0 Å². The average Bonchev–Trinajstić information content (AvgIpc) is 3.33. The van der Waals surface area contributed by atoms with Crippen molar-refractivity contribution in [1.82, 2.24) is 20.2 Å². The molecule has 3 N–H and O–H groups in total. The molecule has 4 rings (SSSR count). The van der Waals surface area contributed by atoms with Crippen LogP contribution in [0.2, 0.25) is 0 Å². The van der Waals surface area contributed by atoms with Gasteiger partial charge in [0.2, 0.25) is 0 Å². The third-order valence-corrected chi connectivity index (χ3v) is 7.17. The summed E-state index contributed by atoms with van der Waals surface area (Å²) < 4.78 is 0. The second-order valence-corrected chi connectivity index (χ2v) is 9.68. The molecule has 36 heavy (non-hydrogen) atoms. The molecule has 1 saturated heterocycles. The fraction of sp³-hybridized carbons (Fsp3) is 0.429. The van der Waals surface area contributed by atoms with Crippen LogP contribution in [0.3, 0.4) is 0 Å². The van der Waals surface area contributed by atoms with Crippen LogP contribution in [0.4, 0.5) is 5.69 Å². The van der Waals surface area contributed by atoms with Gasteiger partial charge in [-0.25, -0.2) is 5.48 Å². The summed E-state index contributed by atoms with van der Waals surface area (Å²) >= 11 is 0. The van der Waals surface area contributed by atoms with E-state index in [-0.39, 0.29) is 5.91 Å². The molecule has 0 aliphatic carbocycles. The molecule has 0 radical (unpaired) electrons. The van der Waals surface area contributed by atoms with E-state index in [0.717, 1.165) is 64.2 Å². The Morgan fingerprint density at radius 3 is 2.58 bits per heavy atom. The smallest absolute Gasteiger partial charge is 0.267 e. The van der Waals surface area contributed by atoms with Gasteiger partial charge in [-0.1, -0.05) is 30.3 Å². The lowest BCUT2D eigenvalue weighted by Gasteiger charge is -2.33. The molecule has 2 amide bonds. The van der Waals surface area contributed by atoms with E-state index in [1.807, 2.05) is 17.0 Å². The largest absolute Gasteiger partial charge is 0.384 e. The number of nitrogens with one attached hydrogen (secondary N) is 2. The molecule has 0 spiro atoms. The molecule has 1 fully saturated rings. The van der Waals surface area contributed by atoms with E-state index < -0.39 is 5.91 Å². The van der Waals surface area contributed by atoms with E-state index in [9.17, 15) is 9.59 Å². The molecule has 2 heterocycles. The third-order valence-electron chi connectivity index (χ3n) is 7.17. The van der Waals surface area contributed by atoms with Gasteiger partial charge in [0.1, 0.15) is 0 Å². The van der Waals surface area contributed by atoms with Gasteiger partial charge < -0.3 is 20.0 Å². The number of hydrogen-bond acceptors (Lipinski definition) is 6. The molecule has 2 aromatic rings. The maximum atomic E-state index is 13.5. The lowest BCUT2D eigenvalue weighted by molar-refractivity contribution is -0.124. The Morgan fingerprint density at radius 1 is 1.08 bits per heavy atom. The van der Waals surface area contributed by atoms with Crippen molar-refractivity contribution < 1.29 is 14.8 Å². The number of carbonyl (C=O) groups excluding carboxylic acids is 2. The number of amides is 2. The van der Waals surface area contributed by atoms with E-state index in [1.165, 1.54) is 17.3 Å². The van der Waals surface area contributed by atoms with Gasteiger partial charge in [-0.15, -0.1) is 0 Å². The topological polar surface area (TPSA) is 88.2 Å². The Bertz CT molecular complexity index is 1050. The number of hydrogen-bond donors (Lipinski definition) is 3. The van der Waals surface area contributed by atoms with Gasteiger partial charge in [-0.3, -0.25) is 14.8 Å². The first-order valence-corrected chi connectivity index (χ1v) is 12.8. The number of carbonyl (C=O) groups is 2. The van der Waals surface area contributed by atoms with E-state index in [2.05, 4.69) is 46.4 Å². The molecule has 0 aromatic heterocycles. The highest BCUT2D eigenvalue weighted by molar-refractivity contribution is 5.95. The molecule has 2 aliphatic rings. The predicted octanol–water partition coefficient (Wildman–Crippen LogP) is 2.88. The van der Waals surface area contributed by atoms with Gasteiger partial charge in [-0.05, 0) is 61.8 Å². The van der Waals surface area contributed by atoms with Crippen molar-refractivity contribution in [3.63, 3.8) is 0 Å². The Hall–Kier alpha value is -3.20. The molecule has 8 nitrogen and oxygen atoms in total. The van der Waals surface area contributed by atoms with Crippen LogP contribution < -0.4 is 10.8 Å². The highest BCUT2D eigenvalue weighted by atomic mass is 16.5. The molecule has 1 unspecified atom stereocenters. The minimum absolute atomic E-state index is 0.0382. The fourth-order valence-corrected chi connectivity index (χ4v) is 4.93. The standard InChI is InChI=1S/C28H37N5O3/c1-31-17-19-32(20-18-31)14-4-15-33(16-13-24-21-29-26-6-3-2-5-25(24)26)28(35)23-10-7-22(8-11-23)9-12-27(34)30-36/h2-3,5-12,24,29,36H,4,13-21H2,1H3,(H,30,34)/b12-9+. The zero-order valence-corrected chi connectivity index (χ0v) is 21.0. The maximum Gasteiger partial charge on any atom is 0.267 e. The zero-order chi connectivity index (χ0) is 25.3. The van der Waals surface area contributed by atoms with Crippen LogP contribution in [0.25, 0.3) is 6.08 Å². The molecule has 8 heteroatoms. The van der Waals surface area contributed by atoms with Crippen molar-refractivity contribution in [3.05, 3.63) is 71.3 Å². The van der Waals surface area contributed by atoms with Crippen LogP contribution in [0.1, 0.15) is 40.2 Å². The Kier molecular flexibility index (Phi) is 9.11. The van der Waals surface area contributed by atoms with E-state index >= 15 is 0 Å². The quantitative estimate of drug-likeness (QED) is 0.269. The number of rotatable bonds is 10. The number of hydroxylamine groups is 1. The summed E-state index contributed by atoms with van der Waals surface area (Å²) in [4.78, 5) is 31.6. The molecular formula is C28H37N5O3. The van der Waals surface area contributed by atoms with Crippen molar-refractivity contribution in [2.75, 3.05) is 64.7 Å². The monoisotopic (exact) mass is 491 g/mol. The second kappa shape index (κ2) is 12.7. The molecule has 2 aromatic carbocycles. The van der Waals surface area contributed by atoms with Gasteiger partial charge in [0, 0.05) is 69.1 Å². The van der Waals surface area contributed by atoms with Crippen molar-refractivity contribution in [2.45, 2.75) is 18.8 Å². The third kappa shape index (κ3) is 6.94. The van der Waals surface area contributed by atoms with Crippen LogP contribution >= 0.6 is 0 Å². The average molecular weight is 492 g/mol. The van der Waals surface area contributed by atoms with E-state index in [1.54, 1.807) is 23.7 Å². The summed E-state index contributed by atoms with van der Waals surface area (Å²) in [6.07, 6.45) is 4.71. The first-order valence-electron chi connectivity index (χ1n) is 12.8. The minimum atomic E-state index is -0.593. The predicted molar refractivity (Wildman–Crippen MR) is 142 cm³/mol. The minimum Gasteiger partial charge on any atom is -0.384 e. The molecule has 1 atom stereocenters. The molecule has 2 aliphatic heterocycles. The second-order valence-electron chi connectivity index (χ2n) is 9.68. The first kappa shape index (κ1) is 25.9. The van der Waals surface area contributed by atoms with E-state index in [4.69, 9.17) is 5.21 Å². The summed E-state index contributed by atoms with van der Waals surface area (Å²) in [5.41, 5.74) is 5.54. The summed E-state index contributed by atoms with van der Waals surface area (Å²) in [5, 5.41) is 12.1. The fourth-order valence-electron chi connectivity index (χ4n) is 4.93. The van der Waals surface area contributed by atoms with Crippen LogP contribution in [-0.4, -0.2) is 91.1 Å². The highest BCUT2D eigenvalue weighted by Gasteiger charge is 2.24. The summed E-state index contributed by atoms with van der Waals surface area (Å²) in [6, 6.07) is 15.7. The summed E-state index contributed by atoms with van der Waals surface area (Å²) in [6.45, 7) is 7.70. The zero-order valence-electron chi connectivity index (χ0n) is 21.0. The number of nitrogens with zero attached hydrogens (tertiary/aromatic N) is 3. The summed E-state index contributed by atoms with van der Waals surface area (Å²) in [5.74, 6) is -0.153. The molecule has 0 bridgehead atoms. The highest BCUT2D eigenvalue weighted by Crippen LogP contribution is 2.33. The SMILES string of the molecule is CN1CCN(CCCN(CCC2CNc3ccccc32)C(=O)c2ccc(/C=C/C(=O)NO)cc2)CC1. The Balaban J connectivity index is 1.39. The van der Waals surface area contributed by atoms with Gasteiger partial charge in [-0.2, -0.15) is 0 Å².